The van der Waals surface area contributed by atoms with Crippen molar-refractivity contribution in [2.75, 3.05) is 19.7 Å². The number of rotatable bonds is 5. The first-order valence-electron chi connectivity index (χ1n) is 4.97. The highest BCUT2D eigenvalue weighted by Gasteiger charge is 2.27. The molecule has 1 N–H and O–H groups in total. The topological polar surface area (TPSA) is 36.3 Å². The van der Waals surface area contributed by atoms with E-state index in [4.69, 9.17) is 10.1 Å². The monoisotopic (exact) mass is 186 g/mol. The lowest BCUT2D eigenvalue weighted by Gasteiger charge is -2.33. The van der Waals surface area contributed by atoms with Gasteiger partial charge in [-0.05, 0) is 34.6 Å². The summed E-state index contributed by atoms with van der Waals surface area (Å²) in [6, 6.07) is 0. The van der Waals surface area contributed by atoms with Gasteiger partial charge in [0.1, 0.15) is 11.4 Å². The number of nitrogens with one attached hydrogen (secondary N) is 1. The van der Waals surface area contributed by atoms with Gasteiger partial charge < -0.3 is 9.64 Å². The Bertz CT molecular complexity index is 162. The first-order chi connectivity index (χ1) is 5.99. The summed E-state index contributed by atoms with van der Waals surface area (Å²) in [5.41, 5.74) is -0.458. The Balaban J connectivity index is 4.36. The van der Waals surface area contributed by atoms with E-state index in [1.54, 1.807) is 0 Å². The lowest BCUT2D eigenvalue weighted by atomic mass is 10.1. The number of nitrogens with zero attached hydrogens (tertiary/aromatic N) is 1. The lowest BCUT2D eigenvalue weighted by Crippen LogP contribution is -2.46. The zero-order valence-corrected chi connectivity index (χ0v) is 9.48. The summed E-state index contributed by atoms with van der Waals surface area (Å²) in [6.45, 7) is 12.3. The number of amidine groups is 1. The minimum Gasteiger partial charge on any atom is -0.368 e. The van der Waals surface area contributed by atoms with Crippen LogP contribution in [0.1, 0.15) is 34.6 Å². The largest absolute Gasteiger partial charge is 0.368 e. The molecule has 13 heavy (non-hydrogen) atoms. The zero-order chi connectivity index (χ0) is 10.5. The smallest absolute Gasteiger partial charge is 0.128 e. The molecule has 0 spiro atoms. The second-order valence-corrected chi connectivity index (χ2v) is 3.46. The molecule has 0 fully saturated rings. The molecule has 3 nitrogen and oxygen atoms in total. The Labute approximate surface area is 81.6 Å². The molecular weight excluding hydrogens is 164 g/mol. The maximum Gasteiger partial charge on any atom is 0.128 e. The fraction of sp³-hybridized carbons (Fsp3) is 0.900. The Morgan fingerprint density at radius 1 is 1.23 bits per heavy atom. The first-order valence-corrected chi connectivity index (χ1v) is 4.97. The molecule has 0 aromatic rings. The van der Waals surface area contributed by atoms with Crippen molar-refractivity contribution >= 4 is 5.84 Å². The molecule has 0 atom stereocenters. The van der Waals surface area contributed by atoms with Gasteiger partial charge in [-0.2, -0.15) is 0 Å². The number of likely N-dealkylation sites (N-methyl/N-ethyl adjacent to an activating group) is 1. The summed E-state index contributed by atoms with van der Waals surface area (Å²) in [5.74, 6) is 0.569. The molecule has 0 saturated heterocycles. The van der Waals surface area contributed by atoms with Crippen LogP contribution in [-0.4, -0.2) is 36.0 Å². The molecule has 0 saturated carbocycles. The first kappa shape index (κ1) is 12.4. The van der Waals surface area contributed by atoms with Crippen LogP contribution < -0.4 is 0 Å². The zero-order valence-electron chi connectivity index (χ0n) is 9.48. The predicted octanol–water partition coefficient (Wildman–Crippen LogP) is 2.12. The van der Waals surface area contributed by atoms with Crippen molar-refractivity contribution in [1.29, 1.82) is 5.41 Å². The van der Waals surface area contributed by atoms with E-state index >= 15 is 0 Å². The van der Waals surface area contributed by atoms with Crippen molar-refractivity contribution in [2.45, 2.75) is 40.2 Å². The van der Waals surface area contributed by atoms with Gasteiger partial charge in [-0.15, -0.1) is 0 Å². The SMILES string of the molecule is CCOC(C)(C)C(=N)N(CC)CC. The molecule has 0 unspecified atom stereocenters. The third-order valence-corrected chi connectivity index (χ3v) is 2.16. The van der Waals surface area contributed by atoms with E-state index in [0.29, 0.717) is 12.4 Å². The standard InChI is InChI=1S/C10H22N2O/c1-6-12(7-2)9(11)10(4,5)13-8-3/h11H,6-8H2,1-5H3. The molecule has 0 aliphatic rings. The van der Waals surface area contributed by atoms with E-state index in [-0.39, 0.29) is 0 Å². The van der Waals surface area contributed by atoms with Gasteiger partial charge in [0, 0.05) is 19.7 Å². The summed E-state index contributed by atoms with van der Waals surface area (Å²) in [4.78, 5) is 2.01. The third kappa shape index (κ3) is 3.35. The van der Waals surface area contributed by atoms with Gasteiger partial charge in [0.05, 0.1) is 0 Å². The molecule has 0 amide bonds. The summed E-state index contributed by atoms with van der Waals surface area (Å²) < 4.78 is 5.51. The lowest BCUT2D eigenvalue weighted by molar-refractivity contribution is 0.0339. The summed E-state index contributed by atoms with van der Waals surface area (Å²) >= 11 is 0. The Hall–Kier alpha value is -0.570. The number of hydrogen-bond acceptors (Lipinski definition) is 2. The van der Waals surface area contributed by atoms with Crippen LogP contribution in [0.3, 0.4) is 0 Å². The Morgan fingerprint density at radius 3 is 2.00 bits per heavy atom. The van der Waals surface area contributed by atoms with Crippen molar-refractivity contribution < 1.29 is 4.74 Å². The van der Waals surface area contributed by atoms with Crippen LogP contribution in [0.5, 0.6) is 0 Å². The van der Waals surface area contributed by atoms with Gasteiger partial charge in [0.15, 0.2) is 0 Å². The van der Waals surface area contributed by atoms with Crippen LogP contribution in [0.2, 0.25) is 0 Å². The van der Waals surface area contributed by atoms with Crippen molar-refractivity contribution in [1.82, 2.24) is 4.90 Å². The van der Waals surface area contributed by atoms with Gasteiger partial charge in [0.25, 0.3) is 0 Å². The van der Waals surface area contributed by atoms with E-state index in [9.17, 15) is 0 Å². The second kappa shape index (κ2) is 5.22. The Morgan fingerprint density at radius 2 is 1.69 bits per heavy atom. The average Bonchev–Trinajstić information content (AvgIpc) is 2.06. The van der Waals surface area contributed by atoms with Crippen LogP contribution >= 0.6 is 0 Å². The fourth-order valence-electron chi connectivity index (χ4n) is 1.35. The molecule has 0 aromatic heterocycles. The molecule has 78 valence electrons. The highest BCUT2D eigenvalue weighted by Crippen LogP contribution is 2.13. The number of hydrogen-bond donors (Lipinski definition) is 1. The molecule has 0 aromatic carbocycles. The average molecular weight is 186 g/mol. The van der Waals surface area contributed by atoms with Crippen LogP contribution in [-0.2, 0) is 4.74 Å². The van der Waals surface area contributed by atoms with Gasteiger partial charge in [0.2, 0.25) is 0 Å². The Kier molecular flexibility index (Phi) is 4.99. The van der Waals surface area contributed by atoms with Crippen LogP contribution in [0.4, 0.5) is 0 Å². The van der Waals surface area contributed by atoms with Crippen LogP contribution in [0, 0.1) is 5.41 Å². The summed E-state index contributed by atoms with van der Waals surface area (Å²) in [5, 5.41) is 7.95. The van der Waals surface area contributed by atoms with Crippen molar-refractivity contribution in [3.63, 3.8) is 0 Å². The van der Waals surface area contributed by atoms with Crippen molar-refractivity contribution in [2.24, 2.45) is 0 Å². The van der Waals surface area contributed by atoms with E-state index in [1.807, 2.05) is 25.7 Å². The van der Waals surface area contributed by atoms with E-state index < -0.39 is 5.60 Å². The molecule has 0 radical (unpaired) electrons. The second-order valence-electron chi connectivity index (χ2n) is 3.46. The summed E-state index contributed by atoms with van der Waals surface area (Å²) in [6.07, 6.45) is 0. The van der Waals surface area contributed by atoms with Gasteiger partial charge >= 0.3 is 0 Å². The number of ether oxygens (including phenoxy) is 1. The maximum absolute atomic E-state index is 7.95. The molecule has 0 bridgehead atoms. The van der Waals surface area contributed by atoms with E-state index in [0.717, 1.165) is 13.1 Å². The fourth-order valence-corrected chi connectivity index (χ4v) is 1.35. The van der Waals surface area contributed by atoms with Crippen LogP contribution in [0.25, 0.3) is 0 Å². The van der Waals surface area contributed by atoms with E-state index in [1.165, 1.54) is 0 Å². The van der Waals surface area contributed by atoms with Crippen molar-refractivity contribution in [3.05, 3.63) is 0 Å². The van der Waals surface area contributed by atoms with Crippen LogP contribution in [0.15, 0.2) is 0 Å². The van der Waals surface area contributed by atoms with Gasteiger partial charge in [-0.1, -0.05) is 0 Å². The molecule has 0 aliphatic carbocycles. The molecule has 0 aliphatic heterocycles. The predicted molar refractivity (Wildman–Crippen MR) is 56.4 cm³/mol. The summed E-state index contributed by atoms with van der Waals surface area (Å²) in [7, 11) is 0. The normalized spacial score (nSPS) is 11.5. The molecule has 0 rings (SSSR count). The van der Waals surface area contributed by atoms with Crippen molar-refractivity contribution in [3.8, 4) is 0 Å². The van der Waals surface area contributed by atoms with Gasteiger partial charge in [-0.3, -0.25) is 5.41 Å². The van der Waals surface area contributed by atoms with E-state index in [2.05, 4.69) is 13.8 Å². The third-order valence-electron chi connectivity index (χ3n) is 2.16. The minimum atomic E-state index is -0.458. The molecule has 0 heterocycles. The quantitative estimate of drug-likeness (QED) is 0.527. The maximum atomic E-state index is 7.95. The molecule has 3 heteroatoms. The van der Waals surface area contributed by atoms with Gasteiger partial charge in [-0.25, -0.2) is 0 Å². The highest BCUT2D eigenvalue weighted by molar-refractivity contribution is 5.87. The molecular formula is C10H22N2O. The minimum absolute atomic E-state index is 0.458. The highest BCUT2D eigenvalue weighted by atomic mass is 16.5.